The largest absolute Gasteiger partial charge is 0.325 e. The molecule has 1 N–H and O–H groups in total. The number of anilines is 1. The normalized spacial score (nSPS) is 11.9. The molecule has 98 valence electrons. The maximum Gasteiger partial charge on any atom is 0.237 e. The average Bonchev–Trinajstić information content (AvgIpc) is 2.42. The second-order valence-electron chi connectivity index (χ2n) is 4.05. The average molecular weight is 292 g/mol. The van der Waals surface area contributed by atoms with Crippen LogP contribution in [-0.2, 0) is 4.79 Å². The fourth-order valence-electron chi connectivity index (χ4n) is 1.55. The summed E-state index contributed by atoms with van der Waals surface area (Å²) in [5.74, 6) is -0.0314. The van der Waals surface area contributed by atoms with Gasteiger partial charge in [0, 0.05) is 10.6 Å². The lowest BCUT2D eigenvalue weighted by atomic mass is 10.3. The molecule has 0 aliphatic rings. The van der Waals surface area contributed by atoms with Crippen LogP contribution in [0.1, 0.15) is 6.92 Å². The van der Waals surface area contributed by atoms with Gasteiger partial charge >= 0.3 is 0 Å². The van der Waals surface area contributed by atoms with Crippen molar-refractivity contribution in [3.63, 3.8) is 0 Å². The maximum absolute atomic E-state index is 12.1. The number of thioether (sulfide) groups is 1. The maximum atomic E-state index is 12.1. The number of para-hydroxylation sites is 1. The van der Waals surface area contributed by atoms with E-state index in [1.54, 1.807) is 0 Å². The number of carbonyl (C=O) groups excluding carboxylic acids is 1. The third kappa shape index (κ3) is 4.01. The number of carbonyl (C=O) groups is 1. The van der Waals surface area contributed by atoms with Crippen LogP contribution >= 0.6 is 23.4 Å². The minimum atomic E-state index is -0.208. The van der Waals surface area contributed by atoms with Crippen LogP contribution in [0.5, 0.6) is 0 Å². The summed E-state index contributed by atoms with van der Waals surface area (Å²) in [6.07, 6.45) is 0. The van der Waals surface area contributed by atoms with Crippen LogP contribution in [0.4, 0.5) is 5.69 Å². The van der Waals surface area contributed by atoms with Gasteiger partial charge in [0.15, 0.2) is 0 Å². The first kappa shape index (κ1) is 14.0. The molecule has 2 nitrogen and oxygen atoms in total. The summed E-state index contributed by atoms with van der Waals surface area (Å²) in [5.41, 5.74) is 0.805. The highest BCUT2D eigenvalue weighted by Gasteiger charge is 2.15. The van der Waals surface area contributed by atoms with E-state index in [-0.39, 0.29) is 11.2 Å². The Balaban J connectivity index is 1.98. The Morgan fingerprint density at radius 1 is 1.11 bits per heavy atom. The molecule has 19 heavy (non-hydrogen) atoms. The van der Waals surface area contributed by atoms with Gasteiger partial charge in [-0.15, -0.1) is 11.8 Å². The predicted octanol–water partition coefficient (Wildman–Crippen LogP) is 4.46. The molecule has 0 saturated carbocycles. The van der Waals surface area contributed by atoms with E-state index in [2.05, 4.69) is 5.32 Å². The molecule has 0 bridgehead atoms. The number of rotatable bonds is 4. The van der Waals surface area contributed by atoms with Crippen LogP contribution in [0.25, 0.3) is 0 Å². The van der Waals surface area contributed by atoms with Gasteiger partial charge in [-0.2, -0.15) is 0 Å². The van der Waals surface area contributed by atoms with E-state index in [0.29, 0.717) is 5.02 Å². The molecule has 2 aromatic rings. The summed E-state index contributed by atoms with van der Waals surface area (Å²) in [6.45, 7) is 1.87. The quantitative estimate of drug-likeness (QED) is 0.843. The van der Waals surface area contributed by atoms with Crippen molar-refractivity contribution in [1.29, 1.82) is 0 Å². The van der Waals surface area contributed by atoms with E-state index >= 15 is 0 Å². The Hall–Kier alpha value is -1.45. The van der Waals surface area contributed by atoms with Gasteiger partial charge in [0.1, 0.15) is 0 Å². The smallest absolute Gasteiger partial charge is 0.237 e. The van der Waals surface area contributed by atoms with Gasteiger partial charge in [0.2, 0.25) is 5.91 Å². The Labute approximate surface area is 122 Å². The molecule has 0 aliphatic heterocycles. The van der Waals surface area contributed by atoms with Crippen molar-refractivity contribution in [2.75, 3.05) is 5.32 Å². The fourth-order valence-corrected chi connectivity index (χ4v) is 2.70. The third-order valence-electron chi connectivity index (χ3n) is 2.55. The zero-order chi connectivity index (χ0) is 13.7. The third-order valence-corrected chi connectivity index (χ3v) is 4.17. The van der Waals surface area contributed by atoms with Gasteiger partial charge in [-0.1, -0.05) is 41.9 Å². The molecule has 0 unspecified atom stereocenters. The van der Waals surface area contributed by atoms with Crippen LogP contribution < -0.4 is 5.32 Å². The first-order valence-corrected chi connectivity index (χ1v) is 7.19. The van der Waals surface area contributed by atoms with Crippen LogP contribution in [0.2, 0.25) is 5.02 Å². The molecule has 2 aromatic carbocycles. The van der Waals surface area contributed by atoms with E-state index in [4.69, 9.17) is 11.6 Å². The van der Waals surface area contributed by atoms with Crippen LogP contribution in [0, 0.1) is 0 Å². The summed E-state index contributed by atoms with van der Waals surface area (Å²) < 4.78 is 0. The Kier molecular flexibility index (Phi) is 4.88. The van der Waals surface area contributed by atoms with Crippen molar-refractivity contribution in [2.24, 2.45) is 0 Å². The summed E-state index contributed by atoms with van der Waals surface area (Å²) in [4.78, 5) is 13.0. The van der Waals surface area contributed by atoms with E-state index in [0.717, 1.165) is 10.6 Å². The standard InChI is InChI=1S/C15H14ClNOS/c1-11(19-14-10-6-5-9-13(14)16)15(18)17-12-7-3-2-4-8-12/h2-11H,1H3,(H,17,18)/t11-/m0/s1. The molecule has 0 radical (unpaired) electrons. The summed E-state index contributed by atoms with van der Waals surface area (Å²) in [7, 11) is 0. The van der Waals surface area contributed by atoms with Gasteiger partial charge < -0.3 is 5.32 Å². The zero-order valence-corrected chi connectivity index (χ0v) is 12.0. The predicted molar refractivity (Wildman–Crippen MR) is 81.8 cm³/mol. The van der Waals surface area contributed by atoms with Crippen molar-refractivity contribution in [3.8, 4) is 0 Å². The highest BCUT2D eigenvalue weighted by molar-refractivity contribution is 8.00. The first-order valence-electron chi connectivity index (χ1n) is 5.94. The molecule has 0 spiro atoms. The van der Waals surface area contributed by atoms with Gasteiger partial charge in [-0.25, -0.2) is 0 Å². The highest BCUT2D eigenvalue weighted by atomic mass is 35.5. The Morgan fingerprint density at radius 3 is 2.42 bits per heavy atom. The minimum Gasteiger partial charge on any atom is -0.325 e. The summed E-state index contributed by atoms with van der Waals surface area (Å²) in [5, 5.41) is 3.34. The number of benzene rings is 2. The molecule has 0 aliphatic carbocycles. The number of hydrogen-bond donors (Lipinski definition) is 1. The molecular formula is C15H14ClNOS. The topological polar surface area (TPSA) is 29.1 Å². The van der Waals surface area contributed by atoms with E-state index in [1.165, 1.54) is 11.8 Å². The van der Waals surface area contributed by atoms with Gasteiger partial charge in [0.25, 0.3) is 0 Å². The van der Waals surface area contributed by atoms with Crippen molar-refractivity contribution in [3.05, 3.63) is 59.6 Å². The lowest BCUT2D eigenvalue weighted by molar-refractivity contribution is -0.115. The minimum absolute atomic E-state index is 0.0314. The first-order chi connectivity index (χ1) is 9.16. The monoisotopic (exact) mass is 291 g/mol. The molecule has 0 aromatic heterocycles. The second kappa shape index (κ2) is 6.64. The van der Waals surface area contributed by atoms with Gasteiger partial charge in [0.05, 0.1) is 10.3 Å². The zero-order valence-electron chi connectivity index (χ0n) is 10.5. The molecule has 0 saturated heterocycles. The van der Waals surface area contributed by atoms with Crippen molar-refractivity contribution in [2.45, 2.75) is 17.1 Å². The lowest BCUT2D eigenvalue weighted by Crippen LogP contribution is -2.22. The SMILES string of the molecule is C[C@H](Sc1ccccc1Cl)C(=O)Nc1ccccc1. The van der Waals surface area contributed by atoms with Crippen LogP contribution in [0.15, 0.2) is 59.5 Å². The van der Waals surface area contributed by atoms with Gasteiger partial charge in [-0.05, 0) is 31.2 Å². The van der Waals surface area contributed by atoms with Crippen LogP contribution in [0.3, 0.4) is 0 Å². The van der Waals surface area contributed by atoms with Crippen LogP contribution in [-0.4, -0.2) is 11.2 Å². The van der Waals surface area contributed by atoms with E-state index < -0.39 is 0 Å². The van der Waals surface area contributed by atoms with Gasteiger partial charge in [-0.3, -0.25) is 4.79 Å². The molecular weight excluding hydrogens is 278 g/mol. The molecule has 1 atom stereocenters. The Morgan fingerprint density at radius 2 is 1.74 bits per heavy atom. The molecule has 2 rings (SSSR count). The summed E-state index contributed by atoms with van der Waals surface area (Å²) in [6, 6.07) is 17.0. The van der Waals surface area contributed by atoms with Crippen molar-refractivity contribution < 1.29 is 4.79 Å². The van der Waals surface area contributed by atoms with E-state index in [9.17, 15) is 4.79 Å². The Bertz CT molecular complexity index is 559. The lowest BCUT2D eigenvalue weighted by Gasteiger charge is -2.12. The molecule has 4 heteroatoms. The fraction of sp³-hybridized carbons (Fsp3) is 0.133. The molecule has 0 heterocycles. The van der Waals surface area contributed by atoms with Crippen molar-refractivity contribution in [1.82, 2.24) is 0 Å². The summed E-state index contributed by atoms with van der Waals surface area (Å²) >= 11 is 7.53. The number of hydrogen-bond acceptors (Lipinski definition) is 2. The second-order valence-corrected chi connectivity index (χ2v) is 5.84. The number of halogens is 1. The molecule has 1 amide bonds. The molecule has 0 fully saturated rings. The number of amides is 1. The highest BCUT2D eigenvalue weighted by Crippen LogP contribution is 2.30. The number of nitrogens with one attached hydrogen (secondary N) is 1. The van der Waals surface area contributed by atoms with Crippen molar-refractivity contribution >= 4 is 35.0 Å². The van der Waals surface area contributed by atoms with E-state index in [1.807, 2.05) is 61.5 Å².